The Labute approximate surface area is 133 Å². The molecular formula is C16H20FN3O3. The second-order valence-corrected chi connectivity index (χ2v) is 5.85. The fourth-order valence-electron chi connectivity index (χ4n) is 1.99. The number of hydrogen-bond acceptors (Lipinski definition) is 5. The van der Waals surface area contributed by atoms with Crippen LogP contribution in [0.5, 0.6) is 5.88 Å². The lowest BCUT2D eigenvalue weighted by molar-refractivity contribution is 0.0692. The van der Waals surface area contributed by atoms with E-state index in [1.54, 1.807) is 0 Å². The van der Waals surface area contributed by atoms with Crippen LogP contribution in [0, 0.1) is 5.82 Å². The topological polar surface area (TPSA) is 75.5 Å². The number of fused-ring (bicyclic) bond motifs is 1. The van der Waals surface area contributed by atoms with E-state index in [1.807, 2.05) is 39.6 Å². The minimum atomic E-state index is -1.34. The second kappa shape index (κ2) is 6.36. The molecule has 0 bridgehead atoms. The summed E-state index contributed by atoms with van der Waals surface area (Å²) in [5, 5.41) is 9.04. The van der Waals surface area contributed by atoms with Crippen molar-refractivity contribution in [1.29, 1.82) is 0 Å². The van der Waals surface area contributed by atoms with Crippen molar-refractivity contribution in [3.8, 4) is 5.88 Å². The highest BCUT2D eigenvalue weighted by Gasteiger charge is 2.20. The first-order valence-corrected chi connectivity index (χ1v) is 7.34. The number of aromatic nitrogens is 2. The van der Waals surface area contributed by atoms with E-state index in [0.29, 0.717) is 17.2 Å². The van der Waals surface area contributed by atoms with Gasteiger partial charge in [-0.2, -0.15) is 0 Å². The summed E-state index contributed by atoms with van der Waals surface area (Å²) < 4.78 is 19.5. The summed E-state index contributed by atoms with van der Waals surface area (Å²) >= 11 is 0. The van der Waals surface area contributed by atoms with E-state index in [0.717, 1.165) is 6.07 Å². The van der Waals surface area contributed by atoms with Crippen molar-refractivity contribution in [1.82, 2.24) is 9.97 Å². The monoisotopic (exact) mass is 321 g/mol. The quantitative estimate of drug-likeness (QED) is 0.912. The van der Waals surface area contributed by atoms with E-state index in [2.05, 4.69) is 9.97 Å². The minimum Gasteiger partial charge on any atom is -0.478 e. The molecular weight excluding hydrogens is 301 g/mol. The summed E-state index contributed by atoms with van der Waals surface area (Å²) in [6.07, 6.45) is -0.121. The molecule has 0 unspecified atom stereocenters. The lowest BCUT2D eigenvalue weighted by atomic mass is 10.2. The zero-order valence-electron chi connectivity index (χ0n) is 13.8. The number of hydrogen-bond donors (Lipinski definition) is 1. The normalized spacial score (nSPS) is 11.3. The number of rotatable bonds is 5. The first-order chi connectivity index (χ1) is 10.7. The lowest BCUT2D eigenvalue weighted by Crippen LogP contribution is -2.28. The van der Waals surface area contributed by atoms with Gasteiger partial charge in [0.2, 0.25) is 0 Å². The van der Waals surface area contributed by atoms with E-state index in [4.69, 9.17) is 9.84 Å². The molecule has 1 aromatic heterocycles. The van der Waals surface area contributed by atoms with Crippen molar-refractivity contribution in [2.75, 3.05) is 11.9 Å². The van der Waals surface area contributed by atoms with E-state index in [-0.39, 0.29) is 17.7 Å². The lowest BCUT2D eigenvalue weighted by Gasteiger charge is -2.25. The number of carboxylic acids is 1. The molecule has 0 aliphatic rings. The summed E-state index contributed by atoms with van der Waals surface area (Å²) in [7, 11) is 1.84. The molecule has 124 valence electrons. The van der Waals surface area contributed by atoms with E-state index < -0.39 is 17.3 Å². The minimum absolute atomic E-state index is 0.121. The Morgan fingerprint density at radius 2 is 1.83 bits per heavy atom. The third kappa shape index (κ3) is 3.49. The van der Waals surface area contributed by atoms with Crippen LogP contribution >= 0.6 is 0 Å². The van der Waals surface area contributed by atoms with Crippen molar-refractivity contribution in [2.24, 2.45) is 0 Å². The number of anilines is 1. The first kappa shape index (κ1) is 16.9. The number of carboxylic acid groups (broad SMARTS) is 1. The number of halogens is 1. The number of nitrogens with zero attached hydrogens (tertiary/aromatic N) is 3. The van der Waals surface area contributed by atoms with Gasteiger partial charge in [0.25, 0.3) is 5.88 Å². The molecule has 0 aliphatic carbocycles. The predicted molar refractivity (Wildman–Crippen MR) is 85.8 cm³/mol. The highest BCUT2D eigenvalue weighted by Crippen LogP contribution is 2.29. The van der Waals surface area contributed by atoms with Gasteiger partial charge in [-0.15, -0.1) is 0 Å². The van der Waals surface area contributed by atoms with E-state index in [9.17, 15) is 9.18 Å². The van der Waals surface area contributed by atoms with Gasteiger partial charge in [-0.3, -0.25) is 0 Å². The Kier molecular flexibility index (Phi) is 4.68. The molecule has 1 heterocycles. The number of carbonyl (C=O) groups is 1. The maximum atomic E-state index is 13.9. The van der Waals surface area contributed by atoms with Gasteiger partial charge >= 0.3 is 5.97 Å². The van der Waals surface area contributed by atoms with Gasteiger partial charge in [-0.05, 0) is 33.8 Å². The Hall–Kier alpha value is -2.44. The highest BCUT2D eigenvalue weighted by atomic mass is 19.1. The fourth-order valence-corrected chi connectivity index (χ4v) is 1.99. The summed E-state index contributed by atoms with van der Waals surface area (Å²) in [6, 6.07) is 2.39. The van der Waals surface area contributed by atoms with Crippen molar-refractivity contribution in [3.63, 3.8) is 0 Å². The third-order valence-corrected chi connectivity index (χ3v) is 3.39. The SMILES string of the molecule is CC(C)Oc1nc2cc(F)c(C(=O)O)cc2nc1N(C)C(C)C. The molecule has 0 fully saturated rings. The summed E-state index contributed by atoms with van der Waals surface area (Å²) in [5.74, 6) is -1.40. The van der Waals surface area contributed by atoms with Crippen LogP contribution in [0.25, 0.3) is 11.0 Å². The van der Waals surface area contributed by atoms with Gasteiger partial charge in [-0.1, -0.05) is 0 Å². The largest absolute Gasteiger partial charge is 0.478 e. The van der Waals surface area contributed by atoms with Gasteiger partial charge in [0.1, 0.15) is 5.82 Å². The molecule has 0 saturated heterocycles. The molecule has 0 atom stereocenters. The van der Waals surface area contributed by atoms with Gasteiger partial charge in [0.05, 0.1) is 22.7 Å². The molecule has 1 N–H and O–H groups in total. The maximum absolute atomic E-state index is 13.9. The maximum Gasteiger partial charge on any atom is 0.338 e. The van der Waals surface area contributed by atoms with Crippen LogP contribution in [0.15, 0.2) is 12.1 Å². The molecule has 1 aromatic carbocycles. The van der Waals surface area contributed by atoms with Crippen LogP contribution in [-0.4, -0.2) is 40.2 Å². The molecule has 0 amide bonds. The molecule has 2 aromatic rings. The second-order valence-electron chi connectivity index (χ2n) is 5.85. The Morgan fingerprint density at radius 3 is 2.35 bits per heavy atom. The molecule has 23 heavy (non-hydrogen) atoms. The molecule has 0 spiro atoms. The summed E-state index contributed by atoms with van der Waals surface area (Å²) in [5.41, 5.74) is 0.133. The highest BCUT2D eigenvalue weighted by molar-refractivity contribution is 5.93. The molecule has 0 aliphatic heterocycles. The van der Waals surface area contributed by atoms with Crippen LogP contribution < -0.4 is 9.64 Å². The first-order valence-electron chi connectivity index (χ1n) is 7.34. The average molecular weight is 321 g/mol. The van der Waals surface area contributed by atoms with Crippen LogP contribution in [0.2, 0.25) is 0 Å². The summed E-state index contributed by atoms with van der Waals surface area (Å²) in [4.78, 5) is 21.7. The number of aromatic carboxylic acids is 1. The molecule has 6 nitrogen and oxygen atoms in total. The summed E-state index contributed by atoms with van der Waals surface area (Å²) in [6.45, 7) is 7.69. The van der Waals surface area contributed by atoms with Crippen molar-refractivity contribution < 1.29 is 19.0 Å². The molecule has 2 rings (SSSR count). The predicted octanol–water partition coefficient (Wildman–Crippen LogP) is 3.10. The molecule has 0 saturated carbocycles. The molecule has 0 radical (unpaired) electrons. The zero-order chi connectivity index (χ0) is 17.3. The zero-order valence-corrected chi connectivity index (χ0v) is 13.8. The van der Waals surface area contributed by atoms with Crippen LogP contribution in [0.1, 0.15) is 38.1 Å². The van der Waals surface area contributed by atoms with Gasteiger partial charge < -0.3 is 14.7 Å². The van der Waals surface area contributed by atoms with E-state index in [1.165, 1.54) is 6.07 Å². The average Bonchev–Trinajstić information content (AvgIpc) is 2.44. The van der Waals surface area contributed by atoms with Gasteiger partial charge in [-0.25, -0.2) is 19.2 Å². The number of benzene rings is 1. The van der Waals surface area contributed by atoms with Gasteiger partial charge in [0.15, 0.2) is 5.82 Å². The van der Waals surface area contributed by atoms with Gasteiger partial charge in [0, 0.05) is 19.2 Å². The Balaban J connectivity index is 2.69. The fraction of sp³-hybridized carbons (Fsp3) is 0.438. The van der Waals surface area contributed by atoms with Crippen LogP contribution in [0.4, 0.5) is 10.2 Å². The third-order valence-electron chi connectivity index (χ3n) is 3.39. The van der Waals surface area contributed by atoms with Crippen molar-refractivity contribution >= 4 is 22.8 Å². The molecule has 7 heteroatoms. The Morgan fingerprint density at radius 1 is 1.22 bits per heavy atom. The van der Waals surface area contributed by atoms with Crippen molar-refractivity contribution in [3.05, 3.63) is 23.5 Å². The van der Waals surface area contributed by atoms with Crippen LogP contribution in [0.3, 0.4) is 0 Å². The van der Waals surface area contributed by atoms with E-state index >= 15 is 0 Å². The van der Waals surface area contributed by atoms with Crippen LogP contribution in [-0.2, 0) is 0 Å². The number of ether oxygens (including phenoxy) is 1. The van der Waals surface area contributed by atoms with Crippen molar-refractivity contribution in [2.45, 2.75) is 39.8 Å². The smallest absolute Gasteiger partial charge is 0.338 e. The standard InChI is InChI=1S/C16H20FN3O3/c1-8(2)20(5)14-15(23-9(3)4)19-13-7-11(17)10(16(21)22)6-12(13)18-14/h6-9H,1-5H3,(H,21,22). The Bertz CT molecular complexity index is 747.